The van der Waals surface area contributed by atoms with E-state index in [4.69, 9.17) is 5.73 Å². The Kier molecular flexibility index (Phi) is 3.93. The first-order valence-electron chi connectivity index (χ1n) is 5.58. The summed E-state index contributed by atoms with van der Waals surface area (Å²) in [4.78, 5) is 11.9. The summed E-state index contributed by atoms with van der Waals surface area (Å²) in [5.41, 5.74) is 8.04. The monoisotopic (exact) mass is 220 g/mol. The number of aryl methyl sites for hydroxylation is 1. The Labute approximate surface area is 97.0 Å². The summed E-state index contributed by atoms with van der Waals surface area (Å²) in [6.45, 7) is 8.08. The van der Waals surface area contributed by atoms with Gasteiger partial charge in [0.2, 0.25) is 0 Å². The molecule has 0 aliphatic heterocycles. The quantitative estimate of drug-likeness (QED) is 0.768. The van der Waals surface area contributed by atoms with Crippen LogP contribution in [-0.4, -0.2) is 11.9 Å². The summed E-state index contributed by atoms with van der Waals surface area (Å²) in [6.07, 6.45) is 0. The van der Waals surface area contributed by atoms with Gasteiger partial charge in [0.05, 0.1) is 0 Å². The van der Waals surface area contributed by atoms with Gasteiger partial charge in [-0.1, -0.05) is 19.9 Å². The highest BCUT2D eigenvalue weighted by molar-refractivity contribution is 5.95. The Morgan fingerprint density at radius 3 is 2.44 bits per heavy atom. The van der Waals surface area contributed by atoms with Crippen molar-refractivity contribution in [2.45, 2.75) is 33.7 Å². The van der Waals surface area contributed by atoms with E-state index in [1.54, 1.807) is 12.1 Å². The Morgan fingerprint density at radius 2 is 1.94 bits per heavy atom. The molecule has 0 radical (unpaired) electrons. The molecule has 1 aromatic rings. The number of nitrogen functional groups attached to an aromatic ring is 1. The highest BCUT2D eigenvalue weighted by atomic mass is 16.1. The van der Waals surface area contributed by atoms with Gasteiger partial charge in [-0.15, -0.1) is 0 Å². The standard InChI is InChI=1S/C13H20N2O/c1-8(2)10(4)15-13(16)11-6-5-9(3)12(14)7-11/h5-8,10H,14H2,1-4H3,(H,15,16). The van der Waals surface area contributed by atoms with Gasteiger partial charge < -0.3 is 11.1 Å². The average Bonchev–Trinajstić information content (AvgIpc) is 2.21. The summed E-state index contributed by atoms with van der Waals surface area (Å²) in [6, 6.07) is 5.55. The summed E-state index contributed by atoms with van der Waals surface area (Å²) in [5.74, 6) is 0.361. The van der Waals surface area contributed by atoms with Crippen molar-refractivity contribution in [1.29, 1.82) is 0 Å². The molecular weight excluding hydrogens is 200 g/mol. The van der Waals surface area contributed by atoms with Crippen LogP contribution in [0.1, 0.15) is 36.7 Å². The zero-order valence-electron chi connectivity index (χ0n) is 10.4. The molecule has 0 aliphatic carbocycles. The third kappa shape index (κ3) is 2.99. The van der Waals surface area contributed by atoms with Crippen LogP contribution >= 0.6 is 0 Å². The van der Waals surface area contributed by atoms with E-state index < -0.39 is 0 Å². The number of nitrogens with one attached hydrogen (secondary N) is 1. The third-order valence-electron chi connectivity index (χ3n) is 2.90. The van der Waals surface area contributed by atoms with E-state index in [-0.39, 0.29) is 11.9 Å². The van der Waals surface area contributed by atoms with E-state index >= 15 is 0 Å². The van der Waals surface area contributed by atoms with Gasteiger partial charge in [-0.25, -0.2) is 0 Å². The van der Waals surface area contributed by atoms with Crippen LogP contribution in [0.4, 0.5) is 5.69 Å². The van der Waals surface area contributed by atoms with Crippen molar-refractivity contribution in [3.63, 3.8) is 0 Å². The van der Waals surface area contributed by atoms with Gasteiger partial charge >= 0.3 is 0 Å². The smallest absolute Gasteiger partial charge is 0.251 e. The first kappa shape index (κ1) is 12.6. The molecule has 1 aromatic carbocycles. The number of carbonyl (C=O) groups excluding carboxylic acids is 1. The molecule has 3 N–H and O–H groups in total. The second-order valence-electron chi connectivity index (χ2n) is 4.58. The largest absolute Gasteiger partial charge is 0.398 e. The van der Waals surface area contributed by atoms with E-state index in [1.165, 1.54) is 0 Å². The molecule has 1 atom stereocenters. The fourth-order valence-electron chi connectivity index (χ4n) is 1.24. The van der Waals surface area contributed by atoms with Gasteiger partial charge in [0, 0.05) is 17.3 Å². The Balaban J connectivity index is 2.77. The van der Waals surface area contributed by atoms with Gasteiger partial charge in [0.25, 0.3) is 5.91 Å². The van der Waals surface area contributed by atoms with Crippen molar-refractivity contribution < 1.29 is 4.79 Å². The van der Waals surface area contributed by atoms with Crippen LogP contribution in [-0.2, 0) is 0 Å². The van der Waals surface area contributed by atoms with E-state index in [0.29, 0.717) is 17.2 Å². The fourth-order valence-corrected chi connectivity index (χ4v) is 1.24. The molecule has 3 nitrogen and oxygen atoms in total. The van der Waals surface area contributed by atoms with Crippen LogP contribution in [0.15, 0.2) is 18.2 Å². The summed E-state index contributed by atoms with van der Waals surface area (Å²) >= 11 is 0. The normalized spacial score (nSPS) is 12.6. The predicted molar refractivity (Wildman–Crippen MR) is 67.4 cm³/mol. The second kappa shape index (κ2) is 5.01. The molecule has 0 aliphatic rings. The molecular formula is C13H20N2O. The summed E-state index contributed by atoms with van der Waals surface area (Å²) < 4.78 is 0. The first-order chi connectivity index (χ1) is 7.41. The molecule has 0 bridgehead atoms. The Hall–Kier alpha value is -1.51. The van der Waals surface area contributed by atoms with Gasteiger partial charge in [-0.2, -0.15) is 0 Å². The average molecular weight is 220 g/mol. The molecule has 0 saturated carbocycles. The van der Waals surface area contributed by atoms with Crippen molar-refractivity contribution >= 4 is 11.6 Å². The second-order valence-corrected chi connectivity index (χ2v) is 4.58. The molecule has 0 fully saturated rings. The Morgan fingerprint density at radius 1 is 1.31 bits per heavy atom. The fraction of sp³-hybridized carbons (Fsp3) is 0.462. The number of benzene rings is 1. The molecule has 16 heavy (non-hydrogen) atoms. The van der Waals surface area contributed by atoms with E-state index in [9.17, 15) is 4.79 Å². The van der Waals surface area contributed by atoms with Crippen LogP contribution in [0.2, 0.25) is 0 Å². The number of hydrogen-bond donors (Lipinski definition) is 2. The lowest BCUT2D eigenvalue weighted by atomic mass is 10.1. The first-order valence-corrected chi connectivity index (χ1v) is 5.58. The number of hydrogen-bond acceptors (Lipinski definition) is 2. The van der Waals surface area contributed by atoms with Crippen molar-refractivity contribution in [2.75, 3.05) is 5.73 Å². The van der Waals surface area contributed by atoms with E-state index in [0.717, 1.165) is 5.56 Å². The molecule has 3 heteroatoms. The number of carbonyl (C=O) groups is 1. The number of rotatable bonds is 3. The minimum atomic E-state index is -0.0621. The molecule has 0 spiro atoms. The van der Waals surface area contributed by atoms with Crippen LogP contribution < -0.4 is 11.1 Å². The summed E-state index contributed by atoms with van der Waals surface area (Å²) in [5, 5.41) is 2.95. The van der Waals surface area contributed by atoms with Gasteiger partial charge in [-0.05, 0) is 37.5 Å². The van der Waals surface area contributed by atoms with Crippen LogP contribution in [0, 0.1) is 12.8 Å². The van der Waals surface area contributed by atoms with E-state index in [2.05, 4.69) is 19.2 Å². The minimum absolute atomic E-state index is 0.0621. The van der Waals surface area contributed by atoms with Crippen LogP contribution in [0.3, 0.4) is 0 Å². The Bertz CT molecular complexity index is 386. The van der Waals surface area contributed by atoms with Gasteiger partial charge in [0.15, 0.2) is 0 Å². The highest BCUT2D eigenvalue weighted by Gasteiger charge is 2.12. The van der Waals surface area contributed by atoms with Gasteiger partial charge in [0.1, 0.15) is 0 Å². The molecule has 1 amide bonds. The predicted octanol–water partition coefficient (Wildman–Crippen LogP) is 2.35. The number of anilines is 1. The summed E-state index contributed by atoms with van der Waals surface area (Å²) in [7, 11) is 0. The maximum absolute atomic E-state index is 11.9. The molecule has 1 rings (SSSR count). The van der Waals surface area contributed by atoms with Crippen LogP contribution in [0.5, 0.6) is 0 Å². The number of nitrogens with two attached hydrogens (primary N) is 1. The van der Waals surface area contributed by atoms with E-state index in [1.807, 2.05) is 19.9 Å². The zero-order valence-corrected chi connectivity index (χ0v) is 10.4. The lowest BCUT2D eigenvalue weighted by molar-refractivity contribution is 0.0930. The molecule has 88 valence electrons. The van der Waals surface area contributed by atoms with Crippen molar-refractivity contribution in [1.82, 2.24) is 5.32 Å². The van der Waals surface area contributed by atoms with Crippen LogP contribution in [0.25, 0.3) is 0 Å². The third-order valence-corrected chi connectivity index (χ3v) is 2.90. The lowest BCUT2D eigenvalue weighted by Crippen LogP contribution is -2.36. The van der Waals surface area contributed by atoms with Crippen molar-refractivity contribution in [2.24, 2.45) is 5.92 Å². The maximum atomic E-state index is 11.9. The SMILES string of the molecule is Cc1ccc(C(=O)NC(C)C(C)C)cc1N. The molecule has 1 unspecified atom stereocenters. The zero-order chi connectivity index (χ0) is 12.3. The number of amides is 1. The lowest BCUT2D eigenvalue weighted by Gasteiger charge is -2.17. The maximum Gasteiger partial charge on any atom is 0.251 e. The topological polar surface area (TPSA) is 55.1 Å². The highest BCUT2D eigenvalue weighted by Crippen LogP contribution is 2.13. The molecule has 0 aromatic heterocycles. The minimum Gasteiger partial charge on any atom is -0.398 e. The molecule has 0 saturated heterocycles. The van der Waals surface area contributed by atoms with Crippen molar-refractivity contribution in [3.8, 4) is 0 Å². The van der Waals surface area contributed by atoms with Gasteiger partial charge in [-0.3, -0.25) is 4.79 Å². The molecule has 0 heterocycles. The van der Waals surface area contributed by atoms with Crippen molar-refractivity contribution in [3.05, 3.63) is 29.3 Å².